The first-order valence-corrected chi connectivity index (χ1v) is 10.4. The van der Waals surface area contributed by atoms with Gasteiger partial charge < -0.3 is 5.32 Å². The molecule has 1 atom stereocenters. The number of amides is 1. The maximum Gasteiger partial charge on any atom is 0.252 e. The van der Waals surface area contributed by atoms with Crippen LogP contribution >= 0.6 is 11.3 Å². The van der Waals surface area contributed by atoms with Gasteiger partial charge in [-0.05, 0) is 51.3 Å². The molecule has 4 aromatic rings. The van der Waals surface area contributed by atoms with Gasteiger partial charge >= 0.3 is 0 Å². The van der Waals surface area contributed by atoms with Crippen molar-refractivity contribution in [1.82, 2.24) is 29.9 Å². The molecular formula is C21H24N6OS. The van der Waals surface area contributed by atoms with Crippen LogP contribution in [0.25, 0.3) is 21.6 Å². The summed E-state index contributed by atoms with van der Waals surface area (Å²) < 4.78 is 3.66. The molecule has 4 heterocycles. The molecule has 0 aliphatic rings. The Hall–Kier alpha value is -3.00. The van der Waals surface area contributed by atoms with E-state index in [0.29, 0.717) is 17.8 Å². The second kappa shape index (κ2) is 7.44. The molecule has 0 aliphatic heterocycles. The number of aryl methyl sites for hydroxylation is 4. The molecule has 0 radical (unpaired) electrons. The fourth-order valence-corrected chi connectivity index (χ4v) is 4.33. The van der Waals surface area contributed by atoms with E-state index >= 15 is 0 Å². The van der Waals surface area contributed by atoms with E-state index in [0.717, 1.165) is 33.0 Å². The Kier molecular flexibility index (Phi) is 4.96. The lowest BCUT2D eigenvalue weighted by Crippen LogP contribution is -2.36. The summed E-state index contributed by atoms with van der Waals surface area (Å²) in [5.41, 5.74) is 4.95. The van der Waals surface area contributed by atoms with Crippen molar-refractivity contribution >= 4 is 28.3 Å². The molecule has 1 N–H and O–H groups in total. The second-order valence-corrected chi connectivity index (χ2v) is 8.37. The average molecular weight is 409 g/mol. The van der Waals surface area contributed by atoms with Crippen molar-refractivity contribution < 1.29 is 4.79 Å². The lowest BCUT2D eigenvalue weighted by atomic mass is 10.1. The van der Waals surface area contributed by atoms with Gasteiger partial charge in [0.25, 0.3) is 5.91 Å². The van der Waals surface area contributed by atoms with Crippen molar-refractivity contribution in [3.63, 3.8) is 0 Å². The van der Waals surface area contributed by atoms with E-state index in [-0.39, 0.29) is 11.9 Å². The number of nitrogens with zero attached hydrogens (tertiary/aromatic N) is 5. The van der Waals surface area contributed by atoms with Crippen LogP contribution in [0.3, 0.4) is 0 Å². The van der Waals surface area contributed by atoms with E-state index in [1.54, 1.807) is 16.0 Å². The zero-order valence-electron chi connectivity index (χ0n) is 17.2. The standard InChI is InChI=1S/C21H24N6OS/c1-12-9-14(3)27(24-12)11-13(2)22-21(28)16-10-17(18-7-6-8-29-18)23-20-19(16)15(4)25-26(20)5/h6-10,13H,11H2,1-5H3,(H,22,28)/t13-/m0/s1. The highest BCUT2D eigenvalue weighted by molar-refractivity contribution is 7.13. The number of rotatable bonds is 5. The lowest BCUT2D eigenvalue weighted by molar-refractivity contribution is 0.0937. The Morgan fingerprint density at radius 2 is 2.03 bits per heavy atom. The number of hydrogen-bond donors (Lipinski definition) is 1. The third-order valence-electron chi connectivity index (χ3n) is 4.91. The van der Waals surface area contributed by atoms with Gasteiger partial charge in [0.15, 0.2) is 5.65 Å². The fourth-order valence-electron chi connectivity index (χ4n) is 3.64. The molecule has 0 saturated carbocycles. The average Bonchev–Trinajstić information content (AvgIpc) is 3.36. The third kappa shape index (κ3) is 3.67. The van der Waals surface area contributed by atoms with Crippen molar-refractivity contribution in [2.24, 2.45) is 7.05 Å². The van der Waals surface area contributed by atoms with Gasteiger partial charge in [-0.25, -0.2) is 4.98 Å². The molecule has 8 heteroatoms. The monoisotopic (exact) mass is 408 g/mol. The summed E-state index contributed by atoms with van der Waals surface area (Å²) in [4.78, 5) is 19.0. The lowest BCUT2D eigenvalue weighted by Gasteiger charge is -2.16. The summed E-state index contributed by atoms with van der Waals surface area (Å²) in [5.74, 6) is -0.125. The Morgan fingerprint density at radius 1 is 1.24 bits per heavy atom. The van der Waals surface area contributed by atoms with Crippen LogP contribution in [0.4, 0.5) is 0 Å². The molecule has 0 aromatic carbocycles. The predicted octanol–water partition coefficient (Wildman–Crippen LogP) is 3.64. The minimum atomic E-state index is -0.125. The second-order valence-electron chi connectivity index (χ2n) is 7.42. The number of pyridine rings is 1. The molecule has 0 spiro atoms. The van der Waals surface area contributed by atoms with Crippen LogP contribution in [0.1, 0.15) is 34.4 Å². The SMILES string of the molecule is Cc1cc(C)n(C[C@H](C)NC(=O)c2cc(-c3cccs3)nc3c2c(C)nn3C)n1. The van der Waals surface area contributed by atoms with Gasteiger partial charge in [0.05, 0.1) is 39.5 Å². The van der Waals surface area contributed by atoms with Gasteiger partial charge in [-0.1, -0.05) is 6.07 Å². The van der Waals surface area contributed by atoms with Gasteiger partial charge in [0.2, 0.25) is 0 Å². The maximum absolute atomic E-state index is 13.2. The smallest absolute Gasteiger partial charge is 0.252 e. The molecule has 4 rings (SSSR count). The van der Waals surface area contributed by atoms with Crippen molar-refractivity contribution in [3.05, 3.63) is 52.3 Å². The largest absolute Gasteiger partial charge is 0.348 e. The van der Waals surface area contributed by atoms with Crippen molar-refractivity contribution in [3.8, 4) is 10.6 Å². The van der Waals surface area contributed by atoms with E-state index in [9.17, 15) is 4.79 Å². The molecule has 7 nitrogen and oxygen atoms in total. The van der Waals surface area contributed by atoms with Crippen molar-refractivity contribution in [2.45, 2.75) is 40.3 Å². The minimum absolute atomic E-state index is 0.0779. The number of carbonyl (C=O) groups excluding carboxylic acids is 1. The highest BCUT2D eigenvalue weighted by Gasteiger charge is 2.21. The zero-order valence-corrected chi connectivity index (χ0v) is 18.0. The molecule has 1 amide bonds. The number of hydrogen-bond acceptors (Lipinski definition) is 5. The quantitative estimate of drug-likeness (QED) is 0.547. The van der Waals surface area contributed by atoms with Crippen LogP contribution < -0.4 is 5.32 Å². The highest BCUT2D eigenvalue weighted by atomic mass is 32.1. The van der Waals surface area contributed by atoms with E-state index in [2.05, 4.69) is 15.5 Å². The Bertz CT molecular complexity index is 1190. The topological polar surface area (TPSA) is 77.6 Å². The Balaban J connectivity index is 1.68. The molecule has 29 heavy (non-hydrogen) atoms. The van der Waals surface area contributed by atoms with E-state index < -0.39 is 0 Å². The van der Waals surface area contributed by atoms with Gasteiger partial charge in [-0.15, -0.1) is 11.3 Å². The van der Waals surface area contributed by atoms with Crippen LogP contribution in [0.15, 0.2) is 29.6 Å². The van der Waals surface area contributed by atoms with Gasteiger partial charge in [-0.3, -0.25) is 14.2 Å². The van der Waals surface area contributed by atoms with Gasteiger partial charge in [-0.2, -0.15) is 10.2 Å². The van der Waals surface area contributed by atoms with Gasteiger partial charge in [0, 0.05) is 18.8 Å². The summed E-state index contributed by atoms with van der Waals surface area (Å²) in [6.07, 6.45) is 0. The predicted molar refractivity (Wildman–Crippen MR) is 115 cm³/mol. The van der Waals surface area contributed by atoms with Crippen LogP contribution in [0.5, 0.6) is 0 Å². The molecule has 0 unspecified atom stereocenters. The Labute approximate surface area is 173 Å². The molecule has 4 aromatic heterocycles. The first-order valence-electron chi connectivity index (χ1n) is 9.53. The number of thiophene rings is 1. The Morgan fingerprint density at radius 3 is 2.69 bits per heavy atom. The normalized spacial score (nSPS) is 12.4. The molecular weight excluding hydrogens is 384 g/mol. The van der Waals surface area contributed by atoms with Crippen LogP contribution in [-0.2, 0) is 13.6 Å². The molecule has 0 fully saturated rings. The first-order chi connectivity index (χ1) is 13.8. The molecule has 0 saturated heterocycles. The molecule has 0 bridgehead atoms. The number of nitrogens with one attached hydrogen (secondary N) is 1. The summed E-state index contributed by atoms with van der Waals surface area (Å²) in [6, 6.07) is 7.82. The van der Waals surface area contributed by atoms with E-state index in [1.165, 1.54) is 0 Å². The zero-order chi connectivity index (χ0) is 20.7. The van der Waals surface area contributed by atoms with Crippen LogP contribution in [0, 0.1) is 20.8 Å². The van der Waals surface area contributed by atoms with Gasteiger partial charge in [0.1, 0.15) is 0 Å². The van der Waals surface area contributed by atoms with E-state index in [4.69, 9.17) is 4.98 Å². The molecule has 150 valence electrons. The van der Waals surface area contributed by atoms with Crippen molar-refractivity contribution in [2.75, 3.05) is 0 Å². The van der Waals surface area contributed by atoms with Crippen LogP contribution in [-0.4, -0.2) is 36.5 Å². The summed E-state index contributed by atoms with van der Waals surface area (Å²) >= 11 is 1.60. The molecule has 0 aliphatic carbocycles. The number of aromatic nitrogens is 5. The summed E-state index contributed by atoms with van der Waals surface area (Å²) in [5, 5.41) is 14.9. The number of fused-ring (bicyclic) bond motifs is 1. The third-order valence-corrected chi connectivity index (χ3v) is 5.81. The summed E-state index contributed by atoms with van der Waals surface area (Å²) in [7, 11) is 1.85. The first kappa shape index (κ1) is 19.3. The van der Waals surface area contributed by atoms with Crippen LogP contribution in [0.2, 0.25) is 0 Å². The van der Waals surface area contributed by atoms with Crippen molar-refractivity contribution in [1.29, 1.82) is 0 Å². The minimum Gasteiger partial charge on any atom is -0.348 e. The highest BCUT2D eigenvalue weighted by Crippen LogP contribution is 2.29. The maximum atomic E-state index is 13.2. The number of carbonyl (C=O) groups is 1. The van der Waals surface area contributed by atoms with E-state index in [1.807, 2.05) is 69.1 Å². The fraction of sp³-hybridized carbons (Fsp3) is 0.333. The summed E-state index contributed by atoms with van der Waals surface area (Å²) in [6.45, 7) is 8.50.